The number of anilines is 1. The Balaban J connectivity index is 1.48. The lowest BCUT2D eigenvalue weighted by Crippen LogP contribution is -2.44. The van der Waals surface area contributed by atoms with Crippen molar-refractivity contribution >= 4 is 17.3 Å². The third kappa shape index (κ3) is 4.34. The highest BCUT2D eigenvalue weighted by Crippen LogP contribution is 2.25. The van der Waals surface area contributed by atoms with Gasteiger partial charge in [-0.05, 0) is 43.3 Å². The van der Waals surface area contributed by atoms with Gasteiger partial charge in [-0.1, -0.05) is 35.8 Å². The molecule has 0 unspecified atom stereocenters. The molecule has 1 aromatic carbocycles. The highest BCUT2D eigenvalue weighted by molar-refractivity contribution is 6.30. The van der Waals surface area contributed by atoms with Crippen molar-refractivity contribution in [2.45, 2.75) is 19.3 Å². The van der Waals surface area contributed by atoms with Gasteiger partial charge in [0.05, 0.1) is 0 Å². The van der Waals surface area contributed by atoms with Crippen molar-refractivity contribution in [3.8, 4) is 11.5 Å². The van der Waals surface area contributed by atoms with E-state index in [1.165, 1.54) is 5.56 Å². The second kappa shape index (κ2) is 8.29. The number of pyridine rings is 1. The largest absolute Gasteiger partial charge is 0.369 e. The van der Waals surface area contributed by atoms with Crippen molar-refractivity contribution in [3.05, 3.63) is 59.1 Å². The Bertz CT molecular complexity index is 919. The molecule has 3 heterocycles. The number of hydrogen-bond acceptors (Lipinski definition) is 6. The third-order valence-corrected chi connectivity index (χ3v) is 5.41. The van der Waals surface area contributed by atoms with Crippen LogP contribution in [0.15, 0.2) is 47.1 Å². The summed E-state index contributed by atoms with van der Waals surface area (Å²) in [6, 6.07) is 11.9. The minimum absolute atomic E-state index is 0.114. The van der Waals surface area contributed by atoms with Gasteiger partial charge in [0.1, 0.15) is 5.69 Å². The van der Waals surface area contributed by atoms with E-state index in [4.69, 9.17) is 16.1 Å². The number of aromatic nitrogens is 3. The predicted octanol–water partition coefficient (Wildman–Crippen LogP) is 3.88. The van der Waals surface area contributed by atoms with Gasteiger partial charge in [-0.15, -0.1) is 0 Å². The summed E-state index contributed by atoms with van der Waals surface area (Å²) >= 11 is 5.96. The van der Waals surface area contributed by atoms with E-state index in [0.717, 1.165) is 49.0 Å². The number of hydrogen-bond donors (Lipinski definition) is 0. The van der Waals surface area contributed by atoms with Gasteiger partial charge in [0.25, 0.3) is 0 Å². The van der Waals surface area contributed by atoms with Crippen molar-refractivity contribution < 1.29 is 4.52 Å². The third-order valence-electron chi connectivity index (χ3n) is 5.16. The lowest BCUT2D eigenvalue weighted by atomic mass is 10.0. The van der Waals surface area contributed by atoms with Crippen molar-refractivity contribution in [1.82, 2.24) is 20.0 Å². The monoisotopic (exact) mass is 397 g/mol. The Morgan fingerprint density at radius 3 is 2.61 bits per heavy atom. The zero-order chi connectivity index (χ0) is 19.5. The van der Waals surface area contributed by atoms with Crippen molar-refractivity contribution in [2.75, 3.05) is 38.1 Å². The Hall–Kier alpha value is -2.44. The van der Waals surface area contributed by atoms with Gasteiger partial charge in [-0.3, -0.25) is 4.98 Å². The lowest BCUT2D eigenvalue weighted by Gasteiger charge is -2.34. The van der Waals surface area contributed by atoms with Crippen LogP contribution in [0.1, 0.15) is 24.3 Å². The minimum atomic E-state index is 0.114. The van der Waals surface area contributed by atoms with Crippen LogP contribution in [0.5, 0.6) is 0 Å². The quantitative estimate of drug-likeness (QED) is 0.651. The van der Waals surface area contributed by atoms with E-state index in [2.05, 4.69) is 38.9 Å². The molecule has 0 N–H and O–H groups in total. The molecule has 146 valence electrons. The average Bonchev–Trinajstić information content (AvgIpc) is 3.21. The van der Waals surface area contributed by atoms with E-state index >= 15 is 0 Å². The molecule has 1 saturated heterocycles. The Morgan fingerprint density at radius 2 is 1.86 bits per heavy atom. The van der Waals surface area contributed by atoms with E-state index in [9.17, 15) is 0 Å². The number of rotatable bonds is 5. The summed E-state index contributed by atoms with van der Waals surface area (Å²) in [6.07, 6.45) is 2.63. The van der Waals surface area contributed by atoms with Gasteiger partial charge < -0.3 is 14.3 Å². The maximum absolute atomic E-state index is 5.96. The minimum Gasteiger partial charge on any atom is -0.369 e. The van der Waals surface area contributed by atoms with Gasteiger partial charge in [0, 0.05) is 49.0 Å². The lowest BCUT2D eigenvalue weighted by molar-refractivity contribution is 0.313. The van der Waals surface area contributed by atoms with Gasteiger partial charge >= 0.3 is 0 Å². The molecule has 0 aliphatic carbocycles. The van der Waals surface area contributed by atoms with Crippen LogP contribution in [0.3, 0.4) is 0 Å². The SMILES string of the molecule is C[C@H](Cc1ccc(Cl)cc1)c1nc(-c2cc(N3CCN(C)CC3)ccn2)no1. The van der Waals surface area contributed by atoms with Gasteiger partial charge in [-0.2, -0.15) is 4.98 Å². The first kappa shape index (κ1) is 18.9. The van der Waals surface area contributed by atoms with Crippen LogP contribution >= 0.6 is 11.6 Å². The normalized spacial score (nSPS) is 16.3. The number of halogens is 1. The molecule has 0 spiro atoms. The van der Waals surface area contributed by atoms with Crippen LogP contribution in [0.4, 0.5) is 5.69 Å². The molecule has 4 rings (SSSR count). The first-order chi connectivity index (χ1) is 13.6. The Morgan fingerprint density at radius 1 is 1.11 bits per heavy atom. The summed E-state index contributed by atoms with van der Waals surface area (Å²) in [7, 11) is 2.15. The second-order valence-corrected chi connectivity index (χ2v) is 7.81. The van der Waals surface area contributed by atoms with Crippen LogP contribution in [0.25, 0.3) is 11.5 Å². The second-order valence-electron chi connectivity index (χ2n) is 7.38. The molecule has 3 aromatic rings. The smallest absolute Gasteiger partial charge is 0.230 e. The maximum atomic E-state index is 5.96. The molecule has 1 aliphatic rings. The molecule has 7 heteroatoms. The molecule has 1 atom stereocenters. The first-order valence-electron chi connectivity index (χ1n) is 9.56. The van der Waals surface area contributed by atoms with Crippen LogP contribution in [0.2, 0.25) is 5.02 Å². The molecule has 0 bridgehead atoms. The number of nitrogens with zero attached hydrogens (tertiary/aromatic N) is 5. The van der Waals surface area contributed by atoms with Crippen LogP contribution in [-0.2, 0) is 6.42 Å². The fourth-order valence-corrected chi connectivity index (χ4v) is 3.53. The van der Waals surface area contributed by atoms with E-state index in [-0.39, 0.29) is 5.92 Å². The number of likely N-dealkylation sites (N-methyl/N-ethyl adjacent to an activating group) is 1. The fourth-order valence-electron chi connectivity index (χ4n) is 3.40. The topological polar surface area (TPSA) is 58.3 Å². The Kier molecular flexibility index (Phi) is 5.59. The molecular weight excluding hydrogens is 374 g/mol. The Labute approximate surface area is 170 Å². The number of benzene rings is 1. The summed E-state index contributed by atoms with van der Waals surface area (Å²) in [5.74, 6) is 1.27. The van der Waals surface area contributed by atoms with Crippen LogP contribution in [0, 0.1) is 0 Å². The van der Waals surface area contributed by atoms with Crippen molar-refractivity contribution in [1.29, 1.82) is 0 Å². The fraction of sp³-hybridized carbons (Fsp3) is 0.381. The summed E-state index contributed by atoms with van der Waals surface area (Å²) in [5.41, 5.74) is 3.08. The highest BCUT2D eigenvalue weighted by Gasteiger charge is 2.19. The van der Waals surface area contributed by atoms with Crippen LogP contribution in [-0.4, -0.2) is 53.3 Å². The predicted molar refractivity (Wildman–Crippen MR) is 111 cm³/mol. The summed E-state index contributed by atoms with van der Waals surface area (Å²) in [4.78, 5) is 13.8. The molecule has 0 amide bonds. The number of piperazine rings is 1. The standard InChI is InChI=1S/C21H24ClN5O/c1-15(13-16-3-5-17(22)6-4-16)21-24-20(25-28-21)19-14-18(7-8-23-19)27-11-9-26(2)10-12-27/h3-8,14-15H,9-13H2,1-2H3/t15-/m1/s1. The van der Waals surface area contributed by atoms with Crippen molar-refractivity contribution in [3.63, 3.8) is 0 Å². The van der Waals surface area contributed by atoms with Gasteiger partial charge in [-0.25, -0.2) is 0 Å². The average molecular weight is 398 g/mol. The first-order valence-corrected chi connectivity index (χ1v) is 9.94. The maximum Gasteiger partial charge on any atom is 0.230 e. The molecule has 6 nitrogen and oxygen atoms in total. The van der Waals surface area contributed by atoms with E-state index < -0.39 is 0 Å². The van der Waals surface area contributed by atoms with E-state index in [0.29, 0.717) is 11.7 Å². The molecule has 2 aromatic heterocycles. The van der Waals surface area contributed by atoms with E-state index in [1.54, 1.807) is 0 Å². The highest BCUT2D eigenvalue weighted by atomic mass is 35.5. The molecule has 1 fully saturated rings. The molecule has 0 saturated carbocycles. The van der Waals surface area contributed by atoms with Crippen LogP contribution < -0.4 is 4.90 Å². The zero-order valence-corrected chi connectivity index (χ0v) is 16.9. The molecule has 28 heavy (non-hydrogen) atoms. The molecule has 0 radical (unpaired) electrons. The summed E-state index contributed by atoms with van der Waals surface area (Å²) in [6.45, 7) is 6.23. The van der Waals surface area contributed by atoms with Gasteiger partial charge in [0.15, 0.2) is 0 Å². The summed E-state index contributed by atoms with van der Waals surface area (Å²) < 4.78 is 5.53. The van der Waals surface area contributed by atoms with Crippen molar-refractivity contribution in [2.24, 2.45) is 0 Å². The molecular formula is C21H24ClN5O. The van der Waals surface area contributed by atoms with E-state index in [1.807, 2.05) is 42.6 Å². The zero-order valence-electron chi connectivity index (χ0n) is 16.2. The summed E-state index contributed by atoms with van der Waals surface area (Å²) in [5, 5.41) is 4.90. The molecule has 1 aliphatic heterocycles. The van der Waals surface area contributed by atoms with Gasteiger partial charge in [0.2, 0.25) is 11.7 Å².